The van der Waals surface area contributed by atoms with Crippen molar-refractivity contribution < 1.29 is 0 Å². The van der Waals surface area contributed by atoms with Crippen LogP contribution < -0.4 is 0 Å². The molecule has 0 unspecified atom stereocenters. The molecule has 0 saturated carbocycles. The van der Waals surface area contributed by atoms with Gasteiger partial charge in [-0.15, -0.1) is 0 Å². The molecule has 0 fully saturated rings. The van der Waals surface area contributed by atoms with E-state index in [1.807, 2.05) is 80.6 Å². The fourth-order valence-corrected chi connectivity index (χ4v) is 3.93. The summed E-state index contributed by atoms with van der Waals surface area (Å²) in [4.78, 5) is 14.7. The number of rotatable bonds is 4. The minimum absolute atomic E-state index is 0.850. The molecule has 0 aliphatic heterocycles. The largest absolute Gasteiger partial charge is 0.251 e. The molecule has 4 aromatic carbocycles. The predicted molar refractivity (Wildman–Crippen MR) is 136 cm³/mol. The molecule has 1 heterocycles. The molecule has 3 nitrogen and oxygen atoms in total. The zero-order valence-corrected chi connectivity index (χ0v) is 18.2. The smallest absolute Gasteiger partial charge is 0.0849 e. The van der Waals surface area contributed by atoms with E-state index < -0.39 is 0 Å². The van der Waals surface area contributed by atoms with Crippen molar-refractivity contribution >= 4 is 44.3 Å². The molecule has 32 heavy (non-hydrogen) atoms. The molecule has 3 heteroatoms. The van der Waals surface area contributed by atoms with Crippen molar-refractivity contribution in [3.8, 4) is 0 Å². The molecule has 0 bridgehead atoms. The monoisotopic (exact) mass is 413 g/mol. The number of pyridine rings is 1. The normalized spacial score (nSPS) is 12.4. The number of nitrogens with zero attached hydrogens (tertiary/aromatic N) is 3. The van der Waals surface area contributed by atoms with E-state index in [2.05, 4.69) is 36.4 Å². The fourth-order valence-electron chi connectivity index (χ4n) is 3.93. The molecule has 1 aromatic heterocycles. The summed E-state index contributed by atoms with van der Waals surface area (Å²) in [7, 11) is 0. The zero-order valence-electron chi connectivity index (χ0n) is 18.2. The molecule has 0 saturated heterocycles. The summed E-state index contributed by atoms with van der Waals surface area (Å²) in [5.74, 6) is 0. The first-order chi connectivity index (χ1) is 15.7. The SMILES string of the molecule is CC(=Nc1cccc2ccccc12)c1cccc(C(C)=Nc2cccc3ccccc23)n1. The van der Waals surface area contributed by atoms with E-state index in [0.29, 0.717) is 0 Å². The second-order valence-electron chi connectivity index (χ2n) is 7.80. The van der Waals surface area contributed by atoms with Gasteiger partial charge in [0.2, 0.25) is 0 Å². The Balaban J connectivity index is 1.51. The Hall–Kier alpha value is -4.11. The lowest BCUT2D eigenvalue weighted by Gasteiger charge is -2.07. The number of fused-ring (bicyclic) bond motifs is 2. The van der Waals surface area contributed by atoms with Gasteiger partial charge in [-0.1, -0.05) is 78.9 Å². The van der Waals surface area contributed by atoms with Crippen LogP contribution in [-0.4, -0.2) is 16.4 Å². The highest BCUT2D eigenvalue weighted by Crippen LogP contribution is 2.27. The Kier molecular flexibility index (Phi) is 5.30. The highest BCUT2D eigenvalue weighted by Gasteiger charge is 2.07. The van der Waals surface area contributed by atoms with Crippen molar-refractivity contribution in [3.63, 3.8) is 0 Å². The van der Waals surface area contributed by atoms with E-state index in [1.165, 1.54) is 10.8 Å². The van der Waals surface area contributed by atoms with E-state index in [-0.39, 0.29) is 0 Å². The van der Waals surface area contributed by atoms with Crippen LogP contribution >= 0.6 is 0 Å². The van der Waals surface area contributed by atoms with Crippen molar-refractivity contribution in [1.82, 2.24) is 4.98 Å². The van der Waals surface area contributed by atoms with Gasteiger partial charge in [-0.25, -0.2) is 4.98 Å². The van der Waals surface area contributed by atoms with E-state index in [1.54, 1.807) is 0 Å². The molecular weight excluding hydrogens is 390 g/mol. The molecule has 0 aliphatic rings. The van der Waals surface area contributed by atoms with Crippen LogP contribution in [0.15, 0.2) is 113 Å². The van der Waals surface area contributed by atoms with Gasteiger partial charge in [0, 0.05) is 10.8 Å². The Morgan fingerprint density at radius 1 is 0.500 bits per heavy atom. The average molecular weight is 414 g/mol. The van der Waals surface area contributed by atoms with Crippen LogP contribution in [0.3, 0.4) is 0 Å². The number of benzene rings is 4. The summed E-state index contributed by atoms with van der Waals surface area (Å²) in [6.07, 6.45) is 0. The van der Waals surface area contributed by atoms with Gasteiger partial charge >= 0.3 is 0 Å². The highest BCUT2D eigenvalue weighted by atomic mass is 14.8. The van der Waals surface area contributed by atoms with Gasteiger partial charge in [-0.3, -0.25) is 9.98 Å². The minimum atomic E-state index is 0.850. The molecule has 0 atom stereocenters. The van der Waals surface area contributed by atoms with E-state index >= 15 is 0 Å². The lowest BCUT2D eigenvalue weighted by Crippen LogP contribution is -2.05. The van der Waals surface area contributed by atoms with Crippen LogP contribution in [0.1, 0.15) is 25.2 Å². The van der Waals surface area contributed by atoms with Crippen LogP contribution in [0.2, 0.25) is 0 Å². The third kappa shape index (κ3) is 3.93. The topological polar surface area (TPSA) is 37.6 Å². The minimum Gasteiger partial charge on any atom is -0.251 e. The summed E-state index contributed by atoms with van der Waals surface area (Å²) >= 11 is 0. The molecule has 0 N–H and O–H groups in total. The van der Waals surface area contributed by atoms with Crippen molar-refractivity contribution in [3.05, 3.63) is 115 Å². The van der Waals surface area contributed by atoms with E-state index in [0.717, 1.165) is 45.0 Å². The van der Waals surface area contributed by atoms with Gasteiger partial charge in [-0.05, 0) is 48.9 Å². The third-order valence-corrected chi connectivity index (χ3v) is 5.60. The maximum atomic E-state index is 4.90. The van der Waals surface area contributed by atoms with Gasteiger partial charge in [0.05, 0.1) is 34.2 Å². The van der Waals surface area contributed by atoms with Gasteiger partial charge in [-0.2, -0.15) is 0 Å². The van der Waals surface area contributed by atoms with Crippen LogP contribution in [0.25, 0.3) is 21.5 Å². The first-order valence-electron chi connectivity index (χ1n) is 10.7. The quantitative estimate of drug-likeness (QED) is 0.279. The van der Waals surface area contributed by atoms with Crippen LogP contribution in [0.4, 0.5) is 11.4 Å². The van der Waals surface area contributed by atoms with Gasteiger partial charge in [0.1, 0.15) is 0 Å². The van der Waals surface area contributed by atoms with Crippen molar-refractivity contribution in [2.24, 2.45) is 9.98 Å². The van der Waals surface area contributed by atoms with Gasteiger partial charge < -0.3 is 0 Å². The van der Waals surface area contributed by atoms with Crippen LogP contribution in [-0.2, 0) is 0 Å². The molecular formula is C29H23N3. The summed E-state index contributed by atoms with van der Waals surface area (Å²) in [5, 5.41) is 4.64. The Bertz CT molecular complexity index is 1370. The third-order valence-electron chi connectivity index (χ3n) is 5.60. The molecule has 5 rings (SSSR count). The summed E-state index contributed by atoms with van der Waals surface area (Å²) in [6, 6.07) is 35.0. The summed E-state index contributed by atoms with van der Waals surface area (Å²) < 4.78 is 0. The van der Waals surface area contributed by atoms with E-state index in [9.17, 15) is 0 Å². The molecule has 0 radical (unpaired) electrons. The number of aromatic nitrogens is 1. The molecule has 154 valence electrons. The highest BCUT2D eigenvalue weighted by molar-refractivity contribution is 6.05. The standard InChI is InChI=1S/C29H23N3/c1-20(30-28-18-7-12-22-10-3-5-14-24(22)28)26-16-9-17-27(32-26)21(2)31-29-19-8-13-23-11-4-6-15-25(23)29/h3-19H,1-2H3. The van der Waals surface area contributed by atoms with Crippen molar-refractivity contribution in [1.29, 1.82) is 0 Å². The fraction of sp³-hybridized carbons (Fsp3) is 0.0690. The number of hydrogen-bond acceptors (Lipinski definition) is 3. The Morgan fingerprint density at radius 2 is 0.906 bits per heavy atom. The molecule has 0 spiro atoms. The first kappa shape index (κ1) is 19.8. The van der Waals surface area contributed by atoms with Crippen molar-refractivity contribution in [2.45, 2.75) is 13.8 Å². The number of aliphatic imine (C=N–C) groups is 2. The van der Waals surface area contributed by atoms with Crippen molar-refractivity contribution in [2.75, 3.05) is 0 Å². The number of hydrogen-bond donors (Lipinski definition) is 0. The maximum Gasteiger partial charge on any atom is 0.0849 e. The molecule has 5 aromatic rings. The van der Waals surface area contributed by atoms with Gasteiger partial charge in [0.25, 0.3) is 0 Å². The molecule has 0 aliphatic carbocycles. The second-order valence-corrected chi connectivity index (χ2v) is 7.80. The Labute approximate surface area is 187 Å². The predicted octanol–water partition coefficient (Wildman–Crippen LogP) is 7.67. The molecule has 0 amide bonds. The lowest BCUT2D eigenvalue weighted by atomic mass is 10.1. The van der Waals surface area contributed by atoms with E-state index in [4.69, 9.17) is 15.0 Å². The average Bonchev–Trinajstić information content (AvgIpc) is 2.84. The Morgan fingerprint density at radius 3 is 1.41 bits per heavy atom. The first-order valence-corrected chi connectivity index (χ1v) is 10.7. The summed E-state index contributed by atoms with van der Waals surface area (Å²) in [6.45, 7) is 4.01. The van der Waals surface area contributed by atoms with Gasteiger partial charge in [0.15, 0.2) is 0 Å². The maximum absolute atomic E-state index is 4.90. The zero-order chi connectivity index (χ0) is 21.9. The van der Waals surface area contributed by atoms with Crippen LogP contribution in [0, 0.1) is 0 Å². The van der Waals surface area contributed by atoms with Crippen LogP contribution in [0.5, 0.6) is 0 Å². The second kappa shape index (κ2) is 8.56. The summed E-state index contributed by atoms with van der Waals surface area (Å²) in [5.41, 5.74) is 5.36. The lowest BCUT2D eigenvalue weighted by molar-refractivity contribution is 1.24.